The number of piperazine rings is 1. The van der Waals surface area contributed by atoms with E-state index in [0.717, 1.165) is 52.9 Å². The van der Waals surface area contributed by atoms with Crippen molar-refractivity contribution in [2.45, 2.75) is 39.7 Å². The van der Waals surface area contributed by atoms with E-state index in [1.807, 2.05) is 12.3 Å². The van der Waals surface area contributed by atoms with Gasteiger partial charge in [-0.3, -0.25) is 5.10 Å². The first-order valence-corrected chi connectivity index (χ1v) is 12.1. The standard InChI is InChI=1S/C23H30N8OS/c1-13(2)18-19(16-9-17(32-6)21-24-12-25-31(21)11-16)27-28-20(18)22-26-15(4)23(33-22)30-8-7-29(5)10-14(30)3/h9,11-14H,7-8,10H2,1-6H3,(H,27,28)/t14-/m1/s1. The highest BCUT2D eigenvalue weighted by atomic mass is 32.1. The summed E-state index contributed by atoms with van der Waals surface area (Å²) >= 11 is 1.75. The first kappa shape index (κ1) is 21.8. The van der Waals surface area contributed by atoms with Crippen molar-refractivity contribution in [1.82, 2.24) is 34.7 Å². The molecule has 33 heavy (non-hydrogen) atoms. The molecule has 5 heterocycles. The van der Waals surface area contributed by atoms with Crippen molar-refractivity contribution in [3.05, 3.63) is 29.8 Å². The SMILES string of the molecule is COc1cc(-c2n[nH]c(-c3nc(C)c(N4CCN(C)C[C@H]4C)s3)c2C(C)C)cn2ncnc12. The van der Waals surface area contributed by atoms with Gasteiger partial charge in [-0.25, -0.2) is 14.5 Å². The van der Waals surface area contributed by atoms with E-state index in [1.54, 1.807) is 23.0 Å². The van der Waals surface area contributed by atoms with Gasteiger partial charge < -0.3 is 14.5 Å². The normalized spacial score (nSPS) is 17.4. The van der Waals surface area contributed by atoms with Gasteiger partial charge in [-0.2, -0.15) is 10.2 Å². The summed E-state index contributed by atoms with van der Waals surface area (Å²) < 4.78 is 7.29. The average Bonchev–Trinajstić information content (AvgIpc) is 3.50. The van der Waals surface area contributed by atoms with E-state index in [1.165, 1.54) is 11.3 Å². The van der Waals surface area contributed by atoms with Gasteiger partial charge in [0.25, 0.3) is 0 Å². The minimum absolute atomic E-state index is 0.251. The number of anilines is 1. The van der Waals surface area contributed by atoms with Gasteiger partial charge in [0.15, 0.2) is 11.4 Å². The second-order valence-electron chi connectivity index (χ2n) is 9.06. The number of rotatable bonds is 5. The lowest BCUT2D eigenvalue weighted by Crippen LogP contribution is -2.50. The van der Waals surface area contributed by atoms with Gasteiger partial charge in [0.2, 0.25) is 0 Å². The average molecular weight is 467 g/mol. The predicted molar refractivity (Wildman–Crippen MR) is 131 cm³/mol. The Bertz CT molecular complexity index is 1290. The molecule has 0 aliphatic carbocycles. The van der Waals surface area contributed by atoms with E-state index in [4.69, 9.17) is 14.8 Å². The van der Waals surface area contributed by atoms with Crippen molar-refractivity contribution >= 4 is 22.0 Å². The summed E-state index contributed by atoms with van der Waals surface area (Å²) in [5.41, 5.74) is 5.70. The van der Waals surface area contributed by atoms with Gasteiger partial charge in [0.1, 0.15) is 16.3 Å². The molecular weight excluding hydrogens is 436 g/mol. The number of nitrogens with one attached hydrogen (secondary N) is 1. The molecule has 1 atom stereocenters. The molecule has 9 nitrogen and oxygen atoms in total. The molecular formula is C23H30N8OS. The minimum Gasteiger partial charge on any atom is -0.493 e. The maximum atomic E-state index is 5.56. The third-order valence-corrected chi connectivity index (χ3v) is 7.51. The molecule has 4 aromatic rings. The highest BCUT2D eigenvalue weighted by Gasteiger charge is 2.28. The molecule has 1 N–H and O–H groups in total. The zero-order valence-corrected chi connectivity index (χ0v) is 20.8. The molecule has 1 fully saturated rings. The Morgan fingerprint density at radius 3 is 2.82 bits per heavy atom. The number of H-pyrrole nitrogens is 1. The Kier molecular flexibility index (Phi) is 5.57. The van der Waals surface area contributed by atoms with Crippen LogP contribution in [0.3, 0.4) is 0 Å². The Morgan fingerprint density at radius 1 is 1.27 bits per heavy atom. The number of thiazole rings is 1. The number of aromatic amines is 1. The zero-order valence-electron chi connectivity index (χ0n) is 20.0. The van der Waals surface area contributed by atoms with Crippen LogP contribution in [0.5, 0.6) is 5.75 Å². The predicted octanol–water partition coefficient (Wildman–Crippen LogP) is 3.82. The number of likely N-dealkylation sites (N-methyl/N-ethyl adjacent to an activating group) is 1. The number of hydrogen-bond donors (Lipinski definition) is 1. The maximum absolute atomic E-state index is 5.56. The molecule has 0 bridgehead atoms. The van der Waals surface area contributed by atoms with Gasteiger partial charge in [0.05, 0.1) is 24.2 Å². The largest absolute Gasteiger partial charge is 0.493 e. The Hall–Kier alpha value is -2.98. The second-order valence-corrected chi connectivity index (χ2v) is 10.0. The fourth-order valence-electron chi connectivity index (χ4n) is 4.67. The van der Waals surface area contributed by atoms with Gasteiger partial charge in [-0.15, -0.1) is 0 Å². The molecule has 174 valence electrons. The van der Waals surface area contributed by atoms with Gasteiger partial charge in [-0.1, -0.05) is 25.2 Å². The van der Waals surface area contributed by atoms with Crippen LogP contribution < -0.4 is 9.64 Å². The maximum Gasteiger partial charge on any atom is 0.197 e. The highest BCUT2D eigenvalue weighted by Crippen LogP contribution is 2.41. The zero-order chi connectivity index (χ0) is 23.3. The first-order valence-electron chi connectivity index (χ1n) is 11.3. The number of hydrogen-bond acceptors (Lipinski definition) is 8. The van der Waals surface area contributed by atoms with E-state index < -0.39 is 0 Å². The summed E-state index contributed by atoms with van der Waals surface area (Å²) in [7, 11) is 3.83. The molecule has 0 radical (unpaired) electrons. The number of nitrogens with zero attached hydrogens (tertiary/aromatic N) is 7. The molecule has 1 saturated heterocycles. The van der Waals surface area contributed by atoms with E-state index in [0.29, 0.717) is 17.4 Å². The summed E-state index contributed by atoms with van der Waals surface area (Å²) in [5, 5.41) is 14.6. The number of methoxy groups -OCH3 is 1. The Balaban J connectivity index is 1.58. The van der Waals surface area contributed by atoms with Crippen molar-refractivity contribution in [1.29, 1.82) is 0 Å². The van der Waals surface area contributed by atoms with Crippen LogP contribution in [0.1, 0.15) is 37.9 Å². The van der Waals surface area contributed by atoms with Crippen LogP contribution in [0.2, 0.25) is 0 Å². The minimum atomic E-state index is 0.251. The van der Waals surface area contributed by atoms with Crippen molar-refractivity contribution < 1.29 is 4.74 Å². The highest BCUT2D eigenvalue weighted by molar-refractivity contribution is 7.19. The van der Waals surface area contributed by atoms with Crippen molar-refractivity contribution in [3.63, 3.8) is 0 Å². The van der Waals surface area contributed by atoms with Crippen molar-refractivity contribution in [3.8, 4) is 27.7 Å². The fraction of sp³-hybridized carbons (Fsp3) is 0.478. The first-order chi connectivity index (χ1) is 15.9. The lowest BCUT2D eigenvalue weighted by atomic mass is 9.97. The monoisotopic (exact) mass is 466 g/mol. The lowest BCUT2D eigenvalue weighted by Gasteiger charge is -2.39. The van der Waals surface area contributed by atoms with Crippen LogP contribution in [-0.4, -0.2) is 74.5 Å². The molecule has 0 aromatic carbocycles. The third-order valence-electron chi connectivity index (χ3n) is 6.29. The number of ether oxygens (including phenoxy) is 1. The smallest absolute Gasteiger partial charge is 0.197 e. The Morgan fingerprint density at radius 2 is 2.09 bits per heavy atom. The summed E-state index contributed by atoms with van der Waals surface area (Å²) in [6.07, 6.45) is 3.47. The number of aromatic nitrogens is 6. The number of aryl methyl sites for hydroxylation is 1. The molecule has 5 rings (SSSR count). The molecule has 0 amide bonds. The molecule has 1 aliphatic heterocycles. The molecule has 0 unspecified atom stereocenters. The summed E-state index contributed by atoms with van der Waals surface area (Å²) in [4.78, 5) is 14.1. The third kappa shape index (κ3) is 3.76. The van der Waals surface area contributed by atoms with Crippen LogP contribution in [-0.2, 0) is 0 Å². The van der Waals surface area contributed by atoms with Crippen LogP contribution in [0.15, 0.2) is 18.6 Å². The fourth-order valence-corrected chi connectivity index (χ4v) is 5.88. The molecule has 10 heteroatoms. The topological polar surface area (TPSA) is 87.5 Å². The summed E-state index contributed by atoms with van der Waals surface area (Å²) in [6.45, 7) is 11.9. The molecule has 1 aliphatic rings. The van der Waals surface area contributed by atoms with Crippen LogP contribution in [0, 0.1) is 6.92 Å². The van der Waals surface area contributed by atoms with Crippen LogP contribution in [0.25, 0.3) is 27.6 Å². The quantitative estimate of drug-likeness (QED) is 0.478. The van der Waals surface area contributed by atoms with Crippen LogP contribution in [0.4, 0.5) is 5.00 Å². The Labute approximate surface area is 197 Å². The molecule has 0 saturated carbocycles. The summed E-state index contributed by atoms with van der Waals surface area (Å²) in [5.74, 6) is 0.919. The van der Waals surface area contributed by atoms with E-state index >= 15 is 0 Å². The second kappa shape index (κ2) is 8.42. The van der Waals surface area contributed by atoms with Crippen LogP contribution >= 0.6 is 11.3 Å². The van der Waals surface area contributed by atoms with Gasteiger partial charge in [0, 0.05) is 43.0 Å². The molecule has 4 aromatic heterocycles. The van der Waals surface area contributed by atoms with Crippen molar-refractivity contribution in [2.24, 2.45) is 0 Å². The molecule has 0 spiro atoms. The van der Waals surface area contributed by atoms with E-state index in [-0.39, 0.29) is 5.92 Å². The summed E-state index contributed by atoms with van der Waals surface area (Å²) in [6, 6.07) is 2.43. The van der Waals surface area contributed by atoms with E-state index in [9.17, 15) is 0 Å². The van der Waals surface area contributed by atoms with Gasteiger partial charge >= 0.3 is 0 Å². The van der Waals surface area contributed by atoms with E-state index in [2.05, 4.69) is 59.7 Å². The number of pyridine rings is 1. The lowest BCUT2D eigenvalue weighted by molar-refractivity contribution is 0.276. The van der Waals surface area contributed by atoms with Crippen molar-refractivity contribution in [2.75, 3.05) is 38.7 Å². The van der Waals surface area contributed by atoms with Gasteiger partial charge in [-0.05, 0) is 32.9 Å². The number of fused-ring (bicyclic) bond motifs is 1.